The molecule has 1 aliphatic carbocycles. The third kappa shape index (κ3) is 5.03. The van der Waals surface area contributed by atoms with E-state index in [9.17, 15) is 24.6 Å². The van der Waals surface area contributed by atoms with E-state index in [0.717, 1.165) is 32.1 Å². The van der Waals surface area contributed by atoms with E-state index in [1.807, 2.05) is 4.90 Å². The number of carbonyl (C=O) groups excluding carboxylic acids is 2. The Morgan fingerprint density at radius 2 is 1.71 bits per heavy atom. The van der Waals surface area contributed by atoms with Gasteiger partial charge in [-0.15, -0.1) is 0 Å². The van der Waals surface area contributed by atoms with Gasteiger partial charge >= 0.3 is 5.97 Å². The van der Waals surface area contributed by atoms with Crippen molar-refractivity contribution in [1.82, 2.24) is 4.90 Å². The molecular weight excluding hydrogens is 491 g/mol. The first kappa shape index (κ1) is 25.5. The summed E-state index contributed by atoms with van der Waals surface area (Å²) in [5.41, 5.74) is 7.58. The van der Waals surface area contributed by atoms with Crippen LogP contribution in [0.5, 0.6) is 0 Å². The molecule has 0 unspecified atom stereocenters. The lowest BCUT2D eigenvalue weighted by atomic mass is 9.90. The third-order valence-electron chi connectivity index (χ3n) is 7.30. The van der Waals surface area contributed by atoms with Crippen LogP contribution in [0.1, 0.15) is 63.9 Å². The van der Waals surface area contributed by atoms with Crippen LogP contribution in [0.15, 0.2) is 24.3 Å². The zero-order valence-corrected chi connectivity index (χ0v) is 20.9. The molecule has 35 heavy (non-hydrogen) atoms. The van der Waals surface area contributed by atoms with Gasteiger partial charge in [-0.05, 0) is 85.9 Å². The van der Waals surface area contributed by atoms with Crippen LogP contribution in [0.4, 0.5) is 0 Å². The van der Waals surface area contributed by atoms with E-state index in [1.165, 1.54) is 6.07 Å². The number of aromatic carboxylic acids is 1. The minimum absolute atomic E-state index is 0.0572. The Kier molecular flexibility index (Phi) is 7.40. The standard InChI is InChI=1S/C26H28Cl2N2O5/c1-13-18(6-7-19(26(34)35)23(13)24(29)32)15-11-21(27)20(22(28)12-15)10-14-8-9-30(25(14)33)16-2-4-17(31)5-3-16/h6-7,11-12,14,16-17,31H,2-5,8-10H2,1H3,(H2,29,32)(H,34,35)/t14-,16-,17-/m0/s1. The fourth-order valence-corrected chi connectivity index (χ4v) is 6.05. The number of aliphatic hydroxyl groups excluding tert-OH is 1. The van der Waals surface area contributed by atoms with Gasteiger partial charge in [0.15, 0.2) is 0 Å². The van der Waals surface area contributed by atoms with Gasteiger partial charge in [0.25, 0.3) is 0 Å². The predicted molar refractivity (Wildman–Crippen MR) is 134 cm³/mol. The fraction of sp³-hybridized carbons (Fsp3) is 0.423. The monoisotopic (exact) mass is 518 g/mol. The van der Waals surface area contributed by atoms with E-state index in [-0.39, 0.29) is 35.1 Å². The summed E-state index contributed by atoms with van der Waals surface area (Å²) >= 11 is 13.3. The van der Waals surface area contributed by atoms with Crippen LogP contribution in [0.3, 0.4) is 0 Å². The van der Waals surface area contributed by atoms with Gasteiger partial charge in [0, 0.05) is 28.5 Å². The second kappa shape index (κ2) is 10.2. The highest BCUT2D eigenvalue weighted by Gasteiger charge is 2.37. The van der Waals surface area contributed by atoms with Gasteiger partial charge in [-0.1, -0.05) is 29.3 Å². The van der Waals surface area contributed by atoms with E-state index < -0.39 is 11.9 Å². The number of primary amides is 1. The van der Waals surface area contributed by atoms with Crippen LogP contribution >= 0.6 is 23.2 Å². The number of carboxylic acids is 1. The second-order valence-electron chi connectivity index (χ2n) is 9.43. The van der Waals surface area contributed by atoms with Crippen molar-refractivity contribution in [1.29, 1.82) is 0 Å². The van der Waals surface area contributed by atoms with E-state index in [0.29, 0.717) is 45.3 Å². The van der Waals surface area contributed by atoms with E-state index in [2.05, 4.69) is 0 Å². The maximum absolute atomic E-state index is 13.1. The Morgan fingerprint density at radius 1 is 1.09 bits per heavy atom. The average molecular weight is 519 g/mol. The number of carboxylic acid groups (broad SMARTS) is 1. The van der Waals surface area contributed by atoms with Crippen LogP contribution < -0.4 is 5.73 Å². The zero-order valence-electron chi connectivity index (χ0n) is 19.4. The lowest BCUT2D eigenvalue weighted by Gasteiger charge is -2.33. The highest BCUT2D eigenvalue weighted by atomic mass is 35.5. The number of hydrogen-bond acceptors (Lipinski definition) is 4. The molecule has 7 nitrogen and oxygen atoms in total. The quantitative estimate of drug-likeness (QED) is 0.521. The molecule has 4 N–H and O–H groups in total. The highest BCUT2D eigenvalue weighted by molar-refractivity contribution is 6.36. The smallest absolute Gasteiger partial charge is 0.336 e. The summed E-state index contributed by atoms with van der Waals surface area (Å²) in [6, 6.07) is 6.56. The summed E-state index contributed by atoms with van der Waals surface area (Å²) in [5, 5.41) is 20.0. The molecule has 1 saturated heterocycles. The number of hydrogen-bond donors (Lipinski definition) is 3. The van der Waals surface area contributed by atoms with E-state index >= 15 is 0 Å². The van der Waals surface area contributed by atoms with Crippen LogP contribution in [0.2, 0.25) is 10.0 Å². The fourth-order valence-electron chi connectivity index (χ4n) is 5.40. The summed E-state index contributed by atoms with van der Waals surface area (Å²) < 4.78 is 0. The summed E-state index contributed by atoms with van der Waals surface area (Å²) in [7, 11) is 0. The maximum Gasteiger partial charge on any atom is 0.336 e. The molecule has 2 fully saturated rings. The molecule has 1 aliphatic heterocycles. The van der Waals surface area contributed by atoms with Gasteiger partial charge in [-0.25, -0.2) is 4.79 Å². The summed E-state index contributed by atoms with van der Waals surface area (Å²) in [4.78, 5) is 38.5. The van der Waals surface area contributed by atoms with Crippen molar-refractivity contribution in [2.45, 2.75) is 57.6 Å². The van der Waals surface area contributed by atoms with Gasteiger partial charge in [-0.3, -0.25) is 9.59 Å². The molecule has 1 saturated carbocycles. The molecule has 1 heterocycles. The van der Waals surface area contributed by atoms with Crippen molar-refractivity contribution in [2.24, 2.45) is 11.7 Å². The molecule has 2 aromatic rings. The first-order valence-electron chi connectivity index (χ1n) is 11.7. The topological polar surface area (TPSA) is 121 Å². The Balaban J connectivity index is 1.58. The van der Waals surface area contributed by atoms with Crippen LogP contribution in [0.25, 0.3) is 11.1 Å². The minimum Gasteiger partial charge on any atom is -0.478 e. The minimum atomic E-state index is -1.24. The molecule has 2 aliphatic rings. The van der Waals surface area contributed by atoms with Crippen LogP contribution in [-0.2, 0) is 11.2 Å². The average Bonchev–Trinajstić information content (AvgIpc) is 3.16. The number of likely N-dealkylation sites (tertiary alicyclic amines) is 1. The second-order valence-corrected chi connectivity index (χ2v) is 10.2. The SMILES string of the molecule is Cc1c(-c2cc(Cl)c(C[C@@H]3CCN([C@H]4CC[C@H](O)CC4)C3=O)c(Cl)c2)ccc(C(=O)O)c1C(N)=O. The molecule has 1 atom stereocenters. The Hall–Kier alpha value is -2.61. The molecular formula is C26H28Cl2N2O5. The summed E-state index contributed by atoms with van der Waals surface area (Å²) in [6.45, 7) is 2.33. The van der Waals surface area contributed by atoms with Gasteiger partial charge in [-0.2, -0.15) is 0 Å². The molecule has 186 valence electrons. The van der Waals surface area contributed by atoms with Gasteiger partial charge in [0.2, 0.25) is 11.8 Å². The first-order chi connectivity index (χ1) is 16.6. The van der Waals surface area contributed by atoms with E-state index in [1.54, 1.807) is 25.1 Å². The van der Waals surface area contributed by atoms with Gasteiger partial charge in [0.1, 0.15) is 0 Å². The maximum atomic E-state index is 13.1. The molecule has 4 rings (SSSR count). The zero-order chi connectivity index (χ0) is 25.4. The van der Waals surface area contributed by atoms with Gasteiger partial charge in [0.05, 0.1) is 17.2 Å². The largest absolute Gasteiger partial charge is 0.478 e. The molecule has 0 radical (unpaired) electrons. The van der Waals surface area contributed by atoms with Crippen molar-refractivity contribution in [2.75, 3.05) is 6.54 Å². The van der Waals surface area contributed by atoms with E-state index in [4.69, 9.17) is 28.9 Å². The molecule has 2 amide bonds. The molecule has 0 bridgehead atoms. The number of benzene rings is 2. The Bertz CT molecular complexity index is 1170. The normalized spacial score (nSPS) is 22.5. The molecule has 2 aromatic carbocycles. The molecule has 0 aromatic heterocycles. The van der Waals surface area contributed by atoms with Gasteiger partial charge < -0.3 is 20.8 Å². The van der Waals surface area contributed by atoms with Crippen molar-refractivity contribution in [3.8, 4) is 11.1 Å². The number of carbonyl (C=O) groups is 3. The predicted octanol–water partition coefficient (Wildman–Crippen LogP) is 4.46. The number of rotatable bonds is 6. The number of aliphatic hydroxyl groups is 1. The Morgan fingerprint density at radius 3 is 2.29 bits per heavy atom. The van der Waals surface area contributed by atoms with Crippen LogP contribution in [0, 0.1) is 12.8 Å². The van der Waals surface area contributed by atoms with Crippen molar-refractivity contribution in [3.63, 3.8) is 0 Å². The number of halogens is 2. The number of nitrogens with two attached hydrogens (primary N) is 1. The third-order valence-corrected chi connectivity index (χ3v) is 7.98. The summed E-state index contributed by atoms with van der Waals surface area (Å²) in [5.74, 6) is -2.17. The number of amides is 2. The van der Waals surface area contributed by atoms with Crippen LogP contribution in [-0.4, -0.2) is 51.6 Å². The summed E-state index contributed by atoms with van der Waals surface area (Å²) in [6.07, 6.45) is 3.98. The molecule has 0 spiro atoms. The van der Waals surface area contributed by atoms with Crippen molar-refractivity contribution in [3.05, 3.63) is 56.6 Å². The lowest BCUT2D eigenvalue weighted by Crippen LogP contribution is -2.41. The Labute approximate surface area is 213 Å². The highest BCUT2D eigenvalue weighted by Crippen LogP contribution is 2.38. The van der Waals surface area contributed by atoms with Crippen molar-refractivity contribution < 1.29 is 24.6 Å². The first-order valence-corrected chi connectivity index (χ1v) is 12.5. The van der Waals surface area contributed by atoms with Crippen molar-refractivity contribution >= 4 is 41.0 Å². The number of nitrogens with zero attached hydrogens (tertiary/aromatic N) is 1. The lowest BCUT2D eigenvalue weighted by molar-refractivity contribution is -0.133. The molecule has 9 heteroatoms.